The third-order valence-corrected chi connectivity index (χ3v) is 5.46. The van der Waals surface area contributed by atoms with E-state index in [0.29, 0.717) is 23.7 Å². The smallest absolute Gasteiger partial charge is 0.223 e. The van der Waals surface area contributed by atoms with E-state index in [-0.39, 0.29) is 5.54 Å². The number of benzene rings is 1. The summed E-state index contributed by atoms with van der Waals surface area (Å²) in [7, 11) is 0. The summed E-state index contributed by atoms with van der Waals surface area (Å²) in [6, 6.07) is 10.6. The van der Waals surface area contributed by atoms with E-state index in [2.05, 4.69) is 47.5 Å². The van der Waals surface area contributed by atoms with Crippen molar-refractivity contribution in [2.45, 2.75) is 31.8 Å². The molecule has 20 heavy (non-hydrogen) atoms. The van der Waals surface area contributed by atoms with Gasteiger partial charge in [0.25, 0.3) is 0 Å². The molecule has 3 atom stereocenters. The van der Waals surface area contributed by atoms with Gasteiger partial charge in [0.1, 0.15) is 0 Å². The van der Waals surface area contributed by atoms with Gasteiger partial charge in [-0.2, -0.15) is 0 Å². The normalized spacial score (nSPS) is 35.6. The lowest BCUT2D eigenvalue weighted by Gasteiger charge is -2.23. The number of amides is 1. The Morgan fingerprint density at radius 2 is 2.10 bits per heavy atom. The predicted octanol–water partition coefficient (Wildman–Crippen LogP) is 2.03. The van der Waals surface area contributed by atoms with E-state index in [1.54, 1.807) is 0 Å². The summed E-state index contributed by atoms with van der Waals surface area (Å²) < 4.78 is 0. The third-order valence-electron chi connectivity index (χ3n) is 5.46. The standard InChI is InChI=1S/C17H22N2O/c1-12-15-10-19(9-13-5-3-2-4-6-13)11-17(12,15)18-16(20)14-7-8-14/h2-6,12,14-15H,7-11H2,1H3,(H,18,20)/t12-,15+,17+/m0/s1. The van der Waals surface area contributed by atoms with Crippen LogP contribution in [-0.2, 0) is 11.3 Å². The number of nitrogens with one attached hydrogen (secondary N) is 1. The van der Waals surface area contributed by atoms with Crippen molar-refractivity contribution in [1.29, 1.82) is 0 Å². The molecule has 1 heterocycles. The largest absolute Gasteiger partial charge is 0.349 e. The first-order valence-corrected chi connectivity index (χ1v) is 7.77. The van der Waals surface area contributed by atoms with Crippen LogP contribution in [0.15, 0.2) is 30.3 Å². The quantitative estimate of drug-likeness (QED) is 0.908. The second-order valence-electron chi connectivity index (χ2n) is 6.85. The highest BCUT2D eigenvalue weighted by Crippen LogP contribution is 2.55. The first-order chi connectivity index (χ1) is 9.69. The number of nitrogens with zero attached hydrogens (tertiary/aromatic N) is 1. The Kier molecular flexibility index (Phi) is 2.68. The van der Waals surface area contributed by atoms with Crippen LogP contribution in [0.4, 0.5) is 0 Å². The molecule has 2 aliphatic carbocycles. The molecule has 1 aliphatic heterocycles. The fraction of sp³-hybridized carbons (Fsp3) is 0.588. The van der Waals surface area contributed by atoms with Gasteiger partial charge in [-0.25, -0.2) is 0 Å². The average Bonchev–Trinajstić information content (AvgIpc) is 3.33. The summed E-state index contributed by atoms with van der Waals surface area (Å²) in [6.07, 6.45) is 2.18. The number of carbonyl (C=O) groups is 1. The molecule has 0 radical (unpaired) electrons. The zero-order valence-electron chi connectivity index (χ0n) is 12.0. The fourth-order valence-electron chi connectivity index (χ4n) is 3.91. The summed E-state index contributed by atoms with van der Waals surface area (Å²) in [4.78, 5) is 14.6. The van der Waals surface area contributed by atoms with E-state index < -0.39 is 0 Å². The second kappa shape index (κ2) is 4.32. The molecule has 0 bridgehead atoms. The van der Waals surface area contributed by atoms with Crippen molar-refractivity contribution in [1.82, 2.24) is 10.2 Å². The molecule has 1 amide bonds. The van der Waals surface area contributed by atoms with Crippen molar-refractivity contribution in [3.05, 3.63) is 35.9 Å². The zero-order chi connectivity index (χ0) is 13.7. The van der Waals surface area contributed by atoms with Crippen LogP contribution in [0.1, 0.15) is 25.3 Å². The SMILES string of the molecule is C[C@H]1[C@H]2CN(Cc3ccccc3)C[C@]21NC(=O)C1CC1. The Bertz CT molecular complexity index is 525. The van der Waals surface area contributed by atoms with E-state index in [1.807, 2.05) is 0 Å². The summed E-state index contributed by atoms with van der Waals surface area (Å²) in [5.41, 5.74) is 1.46. The molecule has 0 aromatic heterocycles. The third kappa shape index (κ3) is 1.96. The van der Waals surface area contributed by atoms with E-state index in [9.17, 15) is 4.79 Å². The van der Waals surface area contributed by atoms with Crippen LogP contribution in [0.5, 0.6) is 0 Å². The summed E-state index contributed by atoms with van der Waals surface area (Å²) >= 11 is 0. The predicted molar refractivity (Wildman–Crippen MR) is 78.0 cm³/mol. The topological polar surface area (TPSA) is 32.3 Å². The number of piperidine rings is 1. The van der Waals surface area contributed by atoms with Crippen molar-refractivity contribution >= 4 is 5.91 Å². The highest BCUT2D eigenvalue weighted by atomic mass is 16.2. The monoisotopic (exact) mass is 270 g/mol. The van der Waals surface area contributed by atoms with Crippen molar-refractivity contribution in [3.63, 3.8) is 0 Å². The molecule has 2 saturated carbocycles. The Morgan fingerprint density at radius 3 is 2.80 bits per heavy atom. The molecule has 1 aromatic carbocycles. The Hall–Kier alpha value is -1.35. The van der Waals surface area contributed by atoms with Crippen molar-refractivity contribution in [3.8, 4) is 0 Å². The van der Waals surface area contributed by atoms with Crippen LogP contribution in [0.2, 0.25) is 0 Å². The van der Waals surface area contributed by atoms with Crippen LogP contribution >= 0.6 is 0 Å². The van der Waals surface area contributed by atoms with E-state index >= 15 is 0 Å². The highest BCUT2D eigenvalue weighted by Gasteiger charge is 2.67. The fourth-order valence-corrected chi connectivity index (χ4v) is 3.91. The molecule has 1 N–H and O–H groups in total. The molecule has 106 valence electrons. The van der Waals surface area contributed by atoms with Crippen LogP contribution < -0.4 is 5.32 Å². The minimum Gasteiger partial charge on any atom is -0.349 e. The second-order valence-corrected chi connectivity index (χ2v) is 6.85. The molecule has 3 nitrogen and oxygen atoms in total. The Labute approximate surface area is 120 Å². The number of carbonyl (C=O) groups excluding carboxylic acids is 1. The maximum Gasteiger partial charge on any atom is 0.223 e. The summed E-state index contributed by atoms with van der Waals surface area (Å²) in [5.74, 6) is 1.94. The van der Waals surface area contributed by atoms with Crippen molar-refractivity contribution in [2.75, 3.05) is 13.1 Å². The molecule has 3 fully saturated rings. The molecule has 3 aliphatic rings. The number of likely N-dealkylation sites (tertiary alicyclic amines) is 1. The van der Waals surface area contributed by atoms with Gasteiger partial charge in [-0.1, -0.05) is 37.3 Å². The molecule has 0 spiro atoms. The molecule has 0 unspecified atom stereocenters. The van der Waals surface area contributed by atoms with Gasteiger partial charge in [0.15, 0.2) is 0 Å². The lowest BCUT2D eigenvalue weighted by Crippen LogP contribution is -2.44. The van der Waals surface area contributed by atoms with Gasteiger partial charge in [-0.05, 0) is 24.3 Å². The Balaban J connectivity index is 1.41. The Morgan fingerprint density at radius 1 is 1.35 bits per heavy atom. The lowest BCUT2D eigenvalue weighted by atomic mass is 10.1. The molecule has 3 heteroatoms. The van der Waals surface area contributed by atoms with Gasteiger partial charge in [0, 0.05) is 31.5 Å². The van der Waals surface area contributed by atoms with Gasteiger partial charge >= 0.3 is 0 Å². The molecule has 1 saturated heterocycles. The number of rotatable bonds is 4. The first kappa shape index (κ1) is 12.4. The highest BCUT2D eigenvalue weighted by molar-refractivity contribution is 5.82. The van der Waals surface area contributed by atoms with Crippen molar-refractivity contribution in [2.24, 2.45) is 17.8 Å². The first-order valence-electron chi connectivity index (χ1n) is 7.77. The van der Waals surface area contributed by atoms with Crippen LogP contribution in [0.3, 0.4) is 0 Å². The number of hydrogen-bond acceptors (Lipinski definition) is 2. The van der Waals surface area contributed by atoms with Crippen LogP contribution in [0, 0.1) is 17.8 Å². The van der Waals surface area contributed by atoms with Gasteiger partial charge < -0.3 is 5.32 Å². The van der Waals surface area contributed by atoms with E-state index in [1.165, 1.54) is 5.56 Å². The summed E-state index contributed by atoms with van der Waals surface area (Å²) in [6.45, 7) is 5.44. The average molecular weight is 270 g/mol. The number of fused-ring (bicyclic) bond motifs is 1. The molecular weight excluding hydrogens is 248 g/mol. The molecule has 1 aromatic rings. The lowest BCUT2D eigenvalue weighted by molar-refractivity contribution is -0.123. The van der Waals surface area contributed by atoms with E-state index in [4.69, 9.17) is 0 Å². The maximum atomic E-state index is 12.1. The number of hydrogen-bond donors (Lipinski definition) is 1. The molecule has 4 rings (SSSR count). The minimum absolute atomic E-state index is 0.0917. The van der Waals surface area contributed by atoms with Crippen molar-refractivity contribution < 1.29 is 4.79 Å². The minimum atomic E-state index is 0.0917. The van der Waals surface area contributed by atoms with E-state index in [0.717, 1.165) is 32.5 Å². The molecular formula is C17H22N2O. The van der Waals surface area contributed by atoms with Crippen LogP contribution in [0.25, 0.3) is 0 Å². The summed E-state index contributed by atoms with van der Waals surface area (Å²) in [5, 5.41) is 3.38. The van der Waals surface area contributed by atoms with Gasteiger partial charge in [-0.15, -0.1) is 0 Å². The van der Waals surface area contributed by atoms with Gasteiger partial charge in [0.05, 0.1) is 5.54 Å². The van der Waals surface area contributed by atoms with Crippen LogP contribution in [-0.4, -0.2) is 29.4 Å². The van der Waals surface area contributed by atoms with Gasteiger partial charge in [0.2, 0.25) is 5.91 Å². The maximum absolute atomic E-state index is 12.1. The van der Waals surface area contributed by atoms with Gasteiger partial charge in [-0.3, -0.25) is 9.69 Å². The zero-order valence-corrected chi connectivity index (χ0v) is 12.0.